The summed E-state index contributed by atoms with van der Waals surface area (Å²) in [5.74, 6) is 0. The third-order valence-electron chi connectivity index (χ3n) is 10.1. The Morgan fingerprint density at radius 1 is 0.511 bits per heavy atom. The zero-order valence-electron chi connectivity index (χ0n) is 25.8. The maximum atomic E-state index is 6.59. The second-order valence-electron chi connectivity index (χ2n) is 12.6. The fraction of sp³-hybridized carbons (Fsp3) is 0.0455. The highest BCUT2D eigenvalue weighted by Crippen LogP contribution is 2.53. The largest absolute Gasteiger partial charge is 0.456 e. The van der Waals surface area contributed by atoms with E-state index in [1.54, 1.807) is 0 Å². The van der Waals surface area contributed by atoms with Gasteiger partial charge in [-0.1, -0.05) is 103 Å². The van der Waals surface area contributed by atoms with Crippen molar-refractivity contribution in [2.45, 2.75) is 12.3 Å². The van der Waals surface area contributed by atoms with Gasteiger partial charge in [-0.25, -0.2) is 0 Å². The first-order chi connectivity index (χ1) is 23.2. The highest BCUT2D eigenvalue weighted by Gasteiger charge is 2.40. The molecular formula is C44H29NOS. The van der Waals surface area contributed by atoms with Crippen LogP contribution in [-0.4, -0.2) is 0 Å². The van der Waals surface area contributed by atoms with Gasteiger partial charge < -0.3 is 9.32 Å². The molecule has 2 nitrogen and oxygen atoms in total. The molecule has 2 aromatic heterocycles. The maximum Gasteiger partial charge on any atom is 0.137 e. The molecule has 1 aliphatic rings. The van der Waals surface area contributed by atoms with E-state index in [4.69, 9.17) is 4.42 Å². The molecule has 0 fully saturated rings. The van der Waals surface area contributed by atoms with Gasteiger partial charge >= 0.3 is 0 Å². The van der Waals surface area contributed by atoms with Gasteiger partial charge in [0, 0.05) is 42.3 Å². The monoisotopic (exact) mass is 619 g/mol. The van der Waals surface area contributed by atoms with E-state index < -0.39 is 0 Å². The van der Waals surface area contributed by atoms with E-state index in [-0.39, 0.29) is 5.41 Å². The number of thiophene rings is 1. The average Bonchev–Trinajstić information content (AvgIpc) is 3.77. The Bertz CT molecular complexity index is 2620. The van der Waals surface area contributed by atoms with Crippen molar-refractivity contribution in [1.82, 2.24) is 0 Å². The number of hydrogen-bond acceptors (Lipinski definition) is 3. The second kappa shape index (κ2) is 9.93. The topological polar surface area (TPSA) is 16.4 Å². The molecule has 0 saturated heterocycles. The van der Waals surface area contributed by atoms with Gasteiger partial charge in [-0.3, -0.25) is 0 Å². The number of anilines is 3. The van der Waals surface area contributed by atoms with Crippen LogP contribution in [0.1, 0.15) is 23.6 Å². The Morgan fingerprint density at radius 2 is 1.21 bits per heavy atom. The molecule has 2 heterocycles. The predicted molar refractivity (Wildman–Crippen MR) is 199 cm³/mol. The lowest BCUT2D eigenvalue weighted by Crippen LogP contribution is -2.22. The first kappa shape index (κ1) is 26.6. The Morgan fingerprint density at radius 3 is 2.02 bits per heavy atom. The molecular weight excluding hydrogens is 591 g/mol. The van der Waals surface area contributed by atoms with Crippen molar-refractivity contribution in [3.05, 3.63) is 174 Å². The van der Waals surface area contributed by atoms with Crippen LogP contribution in [0.3, 0.4) is 0 Å². The van der Waals surface area contributed by atoms with E-state index in [2.05, 4.69) is 170 Å². The van der Waals surface area contributed by atoms with Gasteiger partial charge in [0.2, 0.25) is 0 Å². The number of benzene rings is 7. The maximum absolute atomic E-state index is 6.59. The van der Waals surface area contributed by atoms with Gasteiger partial charge in [0.25, 0.3) is 0 Å². The minimum absolute atomic E-state index is 0.286. The number of para-hydroxylation sites is 1. The summed E-state index contributed by atoms with van der Waals surface area (Å²) < 4.78 is 9.18. The minimum atomic E-state index is -0.286. The molecule has 7 aromatic carbocycles. The number of rotatable bonds is 4. The predicted octanol–water partition coefficient (Wildman–Crippen LogP) is 12.8. The Balaban J connectivity index is 1.22. The van der Waals surface area contributed by atoms with Crippen molar-refractivity contribution in [1.29, 1.82) is 0 Å². The summed E-state index contributed by atoms with van der Waals surface area (Å²) >= 11 is 1.85. The molecule has 0 bridgehead atoms. The van der Waals surface area contributed by atoms with Crippen molar-refractivity contribution in [2.24, 2.45) is 0 Å². The van der Waals surface area contributed by atoms with Gasteiger partial charge in [-0.05, 0) is 89.3 Å². The van der Waals surface area contributed by atoms with Gasteiger partial charge in [-0.15, -0.1) is 11.3 Å². The summed E-state index contributed by atoms with van der Waals surface area (Å²) in [4.78, 5) is 2.38. The molecule has 3 heteroatoms. The molecule has 0 spiro atoms. The lowest BCUT2D eigenvalue weighted by atomic mass is 9.74. The van der Waals surface area contributed by atoms with E-state index in [9.17, 15) is 0 Å². The molecule has 0 amide bonds. The molecule has 0 atom stereocenters. The van der Waals surface area contributed by atoms with Gasteiger partial charge in [0.05, 0.1) is 11.1 Å². The molecule has 0 aliphatic heterocycles. The Kier molecular flexibility index (Phi) is 5.61. The molecule has 0 radical (unpaired) electrons. The molecule has 10 rings (SSSR count). The van der Waals surface area contributed by atoms with Crippen LogP contribution < -0.4 is 4.90 Å². The van der Waals surface area contributed by atoms with Crippen molar-refractivity contribution >= 4 is 70.5 Å². The standard InChI is InChI=1S/C44H29NOS/c1-44(36-17-8-5-14-31(36)32-15-6-9-18-37(32)44)28-22-25-39-35(26-28)43-38(19-11-20-40(43)46-39)45(29-12-3-2-4-13-29)30-23-24-34-33-16-7-10-21-41(33)47-42(34)27-30/h2-27H,1H3. The van der Waals surface area contributed by atoms with E-state index >= 15 is 0 Å². The van der Waals surface area contributed by atoms with Gasteiger partial charge in [0.1, 0.15) is 11.2 Å². The average molecular weight is 620 g/mol. The third-order valence-corrected chi connectivity index (χ3v) is 11.3. The van der Waals surface area contributed by atoms with Gasteiger partial charge in [-0.2, -0.15) is 0 Å². The first-order valence-corrected chi connectivity index (χ1v) is 16.9. The SMILES string of the molecule is CC1(c2ccc3oc4cccc(N(c5ccccc5)c5ccc6c(c5)sc5ccccc56)c4c3c2)c2ccccc2-c2ccccc21. The molecule has 0 saturated carbocycles. The number of nitrogens with zero attached hydrogens (tertiary/aromatic N) is 1. The van der Waals surface area contributed by atoms with Gasteiger partial charge in [0.15, 0.2) is 0 Å². The van der Waals surface area contributed by atoms with Crippen molar-refractivity contribution in [3.8, 4) is 11.1 Å². The van der Waals surface area contributed by atoms with E-state index in [1.807, 2.05) is 11.3 Å². The first-order valence-electron chi connectivity index (χ1n) is 16.1. The second-order valence-corrected chi connectivity index (χ2v) is 13.7. The molecule has 47 heavy (non-hydrogen) atoms. The van der Waals surface area contributed by atoms with Crippen molar-refractivity contribution in [3.63, 3.8) is 0 Å². The van der Waals surface area contributed by atoms with Crippen LogP contribution >= 0.6 is 11.3 Å². The van der Waals surface area contributed by atoms with Crippen LogP contribution in [0.25, 0.3) is 53.2 Å². The smallest absolute Gasteiger partial charge is 0.137 e. The van der Waals surface area contributed by atoms with E-state index in [0.29, 0.717) is 0 Å². The zero-order chi connectivity index (χ0) is 31.1. The summed E-state index contributed by atoms with van der Waals surface area (Å²) in [6, 6.07) is 57.2. The molecule has 0 N–H and O–H groups in total. The third kappa shape index (κ3) is 3.78. The highest BCUT2D eigenvalue weighted by molar-refractivity contribution is 7.25. The van der Waals surface area contributed by atoms with Crippen LogP contribution in [-0.2, 0) is 5.41 Å². The zero-order valence-corrected chi connectivity index (χ0v) is 26.6. The Hall–Kier alpha value is -5.64. The lowest BCUT2D eigenvalue weighted by molar-refractivity contribution is 0.667. The highest BCUT2D eigenvalue weighted by atomic mass is 32.1. The van der Waals surface area contributed by atoms with Crippen LogP contribution in [0.5, 0.6) is 0 Å². The van der Waals surface area contributed by atoms with Crippen LogP contribution in [0.15, 0.2) is 162 Å². The van der Waals surface area contributed by atoms with Crippen LogP contribution in [0.4, 0.5) is 17.1 Å². The fourth-order valence-corrected chi connectivity index (χ4v) is 9.07. The van der Waals surface area contributed by atoms with E-state index in [0.717, 1.165) is 39.0 Å². The fourth-order valence-electron chi connectivity index (χ4n) is 7.93. The summed E-state index contributed by atoms with van der Waals surface area (Å²) in [7, 11) is 0. The molecule has 222 valence electrons. The number of fused-ring (bicyclic) bond motifs is 9. The van der Waals surface area contributed by atoms with Crippen molar-refractivity contribution in [2.75, 3.05) is 4.90 Å². The summed E-state index contributed by atoms with van der Waals surface area (Å²) in [6.07, 6.45) is 0. The van der Waals surface area contributed by atoms with E-state index in [1.165, 1.54) is 48.0 Å². The summed E-state index contributed by atoms with van der Waals surface area (Å²) in [5.41, 5.74) is 11.4. The summed E-state index contributed by atoms with van der Waals surface area (Å²) in [5, 5.41) is 4.85. The van der Waals surface area contributed by atoms with Crippen LogP contribution in [0, 0.1) is 0 Å². The number of furan rings is 1. The normalized spacial score (nSPS) is 13.4. The quantitative estimate of drug-likeness (QED) is 0.195. The molecule has 1 aliphatic carbocycles. The minimum Gasteiger partial charge on any atom is -0.456 e. The molecule has 9 aromatic rings. The van der Waals surface area contributed by atoms with Crippen molar-refractivity contribution < 1.29 is 4.42 Å². The Labute approximate surface area is 276 Å². The summed E-state index contributed by atoms with van der Waals surface area (Å²) in [6.45, 7) is 2.37. The molecule has 0 unspecified atom stereocenters. The van der Waals surface area contributed by atoms with Crippen LogP contribution in [0.2, 0.25) is 0 Å². The number of hydrogen-bond donors (Lipinski definition) is 0. The lowest BCUT2D eigenvalue weighted by Gasteiger charge is -2.28.